The van der Waals surface area contributed by atoms with Gasteiger partial charge in [-0.25, -0.2) is 0 Å². The third kappa shape index (κ3) is 3.63. The lowest BCUT2D eigenvalue weighted by molar-refractivity contribution is -0.130. The van der Waals surface area contributed by atoms with Crippen LogP contribution in [0.4, 0.5) is 0 Å². The third-order valence-corrected chi connectivity index (χ3v) is 5.37. The van der Waals surface area contributed by atoms with Crippen molar-refractivity contribution in [1.29, 1.82) is 5.26 Å². The van der Waals surface area contributed by atoms with Crippen LogP contribution < -0.4 is 0 Å². The fourth-order valence-corrected chi connectivity index (χ4v) is 4.22. The van der Waals surface area contributed by atoms with Crippen LogP contribution in [0.5, 0.6) is 0 Å². The summed E-state index contributed by atoms with van der Waals surface area (Å²) in [5.41, 5.74) is 5.40. The zero-order valence-corrected chi connectivity index (χ0v) is 15.9. The van der Waals surface area contributed by atoms with Crippen LogP contribution in [0.15, 0.2) is 36.4 Å². The number of benzene rings is 2. The second-order valence-corrected chi connectivity index (χ2v) is 7.06. The smallest absolute Gasteiger partial charge is 0.293 e. The zero-order chi connectivity index (χ0) is 20.0. The topological polar surface area (TPSA) is 76.4 Å². The quantitative estimate of drug-likeness (QED) is 0.655. The first kappa shape index (κ1) is 19.6. The Morgan fingerprint density at radius 3 is 1.86 bits per heavy atom. The molecule has 28 heavy (non-hydrogen) atoms. The summed E-state index contributed by atoms with van der Waals surface area (Å²) in [5, 5.41) is 10.3. The van der Waals surface area contributed by atoms with Crippen molar-refractivity contribution in [3.8, 4) is 6.07 Å². The van der Waals surface area contributed by atoms with Crippen LogP contribution in [0.25, 0.3) is 0 Å². The summed E-state index contributed by atoms with van der Waals surface area (Å²) in [7, 11) is 0. The van der Waals surface area contributed by atoms with Crippen molar-refractivity contribution in [2.75, 3.05) is 0 Å². The molecular formula is C23H23NO4. The molecule has 0 heterocycles. The Hall–Kier alpha value is -3.13. The van der Waals surface area contributed by atoms with Gasteiger partial charge in [-0.1, -0.05) is 49.7 Å². The van der Waals surface area contributed by atoms with Gasteiger partial charge >= 0.3 is 0 Å². The Morgan fingerprint density at radius 2 is 1.46 bits per heavy atom. The van der Waals surface area contributed by atoms with Crippen molar-refractivity contribution in [3.05, 3.63) is 69.8 Å². The number of hydrogen-bond acceptors (Lipinski definition) is 5. The summed E-state index contributed by atoms with van der Waals surface area (Å²) in [6.45, 7) is 3.43. The molecule has 0 aromatic heterocycles. The fraction of sp³-hybridized carbons (Fsp3) is 0.348. The van der Waals surface area contributed by atoms with Gasteiger partial charge in [-0.05, 0) is 52.6 Å². The number of fused-ring (bicyclic) bond motifs is 2. The summed E-state index contributed by atoms with van der Waals surface area (Å²) >= 11 is 0. The predicted molar refractivity (Wildman–Crippen MR) is 103 cm³/mol. The average Bonchev–Trinajstić information content (AvgIpc) is 2.86. The van der Waals surface area contributed by atoms with Crippen LogP contribution in [-0.4, -0.2) is 12.9 Å². The van der Waals surface area contributed by atoms with Gasteiger partial charge in [-0.3, -0.25) is 9.59 Å². The number of aryl methyl sites for hydroxylation is 2. The van der Waals surface area contributed by atoms with E-state index in [4.69, 9.17) is 9.47 Å². The van der Waals surface area contributed by atoms with Crippen LogP contribution in [0.3, 0.4) is 0 Å². The van der Waals surface area contributed by atoms with Gasteiger partial charge in [0.25, 0.3) is 12.9 Å². The number of nitriles is 1. The van der Waals surface area contributed by atoms with E-state index in [1.807, 2.05) is 36.4 Å². The number of rotatable bonds is 8. The monoisotopic (exact) mass is 377 g/mol. The van der Waals surface area contributed by atoms with Crippen molar-refractivity contribution in [3.63, 3.8) is 0 Å². The molecule has 0 fully saturated rings. The Kier molecular flexibility index (Phi) is 6.10. The summed E-state index contributed by atoms with van der Waals surface area (Å²) in [5.74, 6) is 0. The van der Waals surface area contributed by atoms with Gasteiger partial charge in [0.15, 0.2) is 0 Å². The van der Waals surface area contributed by atoms with Crippen LogP contribution in [-0.2, 0) is 50.5 Å². The first-order valence-electron chi connectivity index (χ1n) is 9.44. The molecule has 3 rings (SSSR count). The number of ether oxygens (including phenoxy) is 2. The van der Waals surface area contributed by atoms with Crippen LogP contribution in [0.1, 0.15) is 53.1 Å². The highest BCUT2D eigenvalue weighted by atomic mass is 16.5. The van der Waals surface area contributed by atoms with Gasteiger partial charge in [0.2, 0.25) is 0 Å². The van der Waals surface area contributed by atoms with Crippen molar-refractivity contribution >= 4 is 12.9 Å². The van der Waals surface area contributed by atoms with Crippen LogP contribution in [0, 0.1) is 11.3 Å². The molecule has 0 radical (unpaired) electrons. The van der Waals surface area contributed by atoms with E-state index in [1.165, 1.54) is 0 Å². The minimum absolute atomic E-state index is 0.226. The largest absolute Gasteiger partial charge is 0.463 e. The molecule has 1 aliphatic carbocycles. The highest BCUT2D eigenvalue weighted by Gasteiger charge is 2.39. The molecule has 0 unspecified atom stereocenters. The number of nitrogens with zero attached hydrogens (tertiary/aromatic N) is 1. The maximum atomic E-state index is 10.5. The van der Waals surface area contributed by atoms with Gasteiger partial charge in [0, 0.05) is 0 Å². The van der Waals surface area contributed by atoms with E-state index in [9.17, 15) is 14.9 Å². The number of hydrogen-bond donors (Lipinski definition) is 0. The van der Waals surface area contributed by atoms with Gasteiger partial charge < -0.3 is 9.47 Å². The summed E-state index contributed by atoms with van der Waals surface area (Å²) in [6, 6.07) is 14.6. The molecule has 2 aromatic rings. The Bertz CT molecular complexity index is 850. The Morgan fingerprint density at radius 1 is 0.964 bits per heavy atom. The lowest BCUT2D eigenvalue weighted by Gasteiger charge is -2.30. The van der Waals surface area contributed by atoms with E-state index in [-0.39, 0.29) is 13.2 Å². The van der Waals surface area contributed by atoms with Crippen LogP contribution >= 0.6 is 0 Å². The second-order valence-electron chi connectivity index (χ2n) is 7.06. The molecule has 5 nitrogen and oxygen atoms in total. The highest BCUT2D eigenvalue weighted by Crippen LogP contribution is 2.43. The van der Waals surface area contributed by atoms with E-state index in [0.29, 0.717) is 12.9 Å². The van der Waals surface area contributed by atoms with E-state index in [2.05, 4.69) is 13.0 Å². The Labute approximate surface area is 164 Å². The molecule has 0 bridgehead atoms. The van der Waals surface area contributed by atoms with Crippen molar-refractivity contribution in [1.82, 2.24) is 0 Å². The van der Waals surface area contributed by atoms with E-state index >= 15 is 0 Å². The Balaban J connectivity index is 2.11. The van der Waals surface area contributed by atoms with Gasteiger partial charge in [0.1, 0.15) is 18.6 Å². The van der Waals surface area contributed by atoms with E-state index < -0.39 is 5.41 Å². The minimum Gasteiger partial charge on any atom is -0.463 e. The molecule has 0 saturated carbocycles. The summed E-state index contributed by atoms with van der Waals surface area (Å²) < 4.78 is 9.79. The lowest BCUT2D eigenvalue weighted by atomic mass is 9.70. The first-order valence-corrected chi connectivity index (χ1v) is 9.44. The number of carbonyl (C=O) groups excluding carboxylic acids is 2. The molecule has 1 aliphatic rings. The first-order chi connectivity index (χ1) is 13.7. The maximum Gasteiger partial charge on any atom is 0.293 e. The third-order valence-electron chi connectivity index (χ3n) is 5.37. The van der Waals surface area contributed by atoms with Crippen LogP contribution in [0.2, 0.25) is 0 Å². The SMILES string of the molecule is CCCC1(C#N)c2ccc(COC=O)cc2CCc2cc(COC=O)ccc21. The van der Waals surface area contributed by atoms with E-state index in [0.717, 1.165) is 59.1 Å². The molecule has 0 aliphatic heterocycles. The zero-order valence-electron chi connectivity index (χ0n) is 15.9. The molecule has 0 amide bonds. The highest BCUT2D eigenvalue weighted by molar-refractivity contribution is 5.56. The summed E-state index contributed by atoms with van der Waals surface area (Å²) in [4.78, 5) is 21.0. The number of carbonyl (C=O) groups is 2. The molecule has 0 spiro atoms. The molecule has 0 N–H and O–H groups in total. The molecule has 144 valence electrons. The average molecular weight is 377 g/mol. The molecule has 0 atom stereocenters. The van der Waals surface area contributed by atoms with Crippen molar-refractivity contribution < 1.29 is 19.1 Å². The predicted octanol–water partition coefficient (Wildman–Crippen LogP) is 3.74. The van der Waals surface area contributed by atoms with Gasteiger partial charge in [-0.2, -0.15) is 5.26 Å². The van der Waals surface area contributed by atoms with Gasteiger partial charge in [0.05, 0.1) is 6.07 Å². The molecule has 2 aromatic carbocycles. The maximum absolute atomic E-state index is 10.5. The molecule has 5 heteroatoms. The normalized spacial score (nSPS) is 14.0. The van der Waals surface area contributed by atoms with Crippen molar-refractivity contribution in [2.24, 2.45) is 0 Å². The standard InChI is InChI=1S/C23H23NO4/c1-2-9-23(14-24)21-7-3-17(12-27-15-25)10-19(21)5-6-20-11-18(13-28-16-26)4-8-22(20)23/h3-4,7-8,10-11,15-16H,2,5-6,9,12-13H2,1H3. The van der Waals surface area contributed by atoms with Gasteiger partial charge in [-0.15, -0.1) is 0 Å². The summed E-state index contributed by atoms with van der Waals surface area (Å²) in [6.07, 6.45) is 3.18. The molecule has 0 saturated heterocycles. The lowest BCUT2D eigenvalue weighted by Crippen LogP contribution is -2.27. The van der Waals surface area contributed by atoms with Crippen molar-refractivity contribution in [2.45, 2.75) is 51.2 Å². The molecular weight excluding hydrogens is 354 g/mol. The minimum atomic E-state index is -0.718. The fourth-order valence-electron chi connectivity index (χ4n) is 4.22. The van der Waals surface area contributed by atoms with E-state index in [1.54, 1.807) is 0 Å². The second kappa shape index (κ2) is 8.71.